The second-order valence-electron chi connectivity index (χ2n) is 3.99. The zero-order valence-electron chi connectivity index (χ0n) is 10.4. The molecule has 0 N–H and O–H groups in total. The molecule has 0 radical (unpaired) electrons. The molecule has 0 saturated heterocycles. The first kappa shape index (κ1) is 13.9. The lowest BCUT2D eigenvalue weighted by molar-refractivity contribution is 0.0551. The quantitative estimate of drug-likeness (QED) is 0.715. The molecule has 1 aromatic carbocycles. The monoisotopic (exact) mass is 244 g/mol. The molecule has 17 heavy (non-hydrogen) atoms. The lowest BCUT2D eigenvalue weighted by atomic mass is 10.1. The maximum absolute atomic E-state index is 13.4. The highest BCUT2D eigenvalue weighted by atomic mass is 19.1. The predicted molar refractivity (Wildman–Crippen MR) is 62.3 cm³/mol. The minimum absolute atomic E-state index is 0.0933. The van der Waals surface area contributed by atoms with Crippen molar-refractivity contribution >= 4 is 0 Å². The second-order valence-corrected chi connectivity index (χ2v) is 3.99. The summed E-state index contributed by atoms with van der Waals surface area (Å²) >= 11 is 0. The maximum atomic E-state index is 13.4. The Kier molecular flexibility index (Phi) is 5.35. The van der Waals surface area contributed by atoms with E-state index in [1.165, 1.54) is 12.1 Å². The molecule has 0 bridgehead atoms. The molecule has 2 nitrogen and oxygen atoms in total. The fraction of sp³-hybridized carbons (Fsp3) is 0.538. The zero-order chi connectivity index (χ0) is 12.8. The van der Waals surface area contributed by atoms with Crippen molar-refractivity contribution in [2.24, 2.45) is 0 Å². The van der Waals surface area contributed by atoms with Crippen LogP contribution in [0, 0.1) is 11.6 Å². The molecule has 0 heterocycles. The molecule has 0 aliphatic rings. The van der Waals surface area contributed by atoms with E-state index in [0.717, 1.165) is 0 Å². The zero-order valence-corrected chi connectivity index (χ0v) is 10.4. The van der Waals surface area contributed by atoms with E-state index < -0.39 is 11.6 Å². The Morgan fingerprint density at radius 2 is 1.71 bits per heavy atom. The number of hydrogen-bond donors (Lipinski definition) is 0. The third kappa shape index (κ3) is 4.30. The Bertz CT molecular complexity index is 341. The van der Waals surface area contributed by atoms with Crippen LogP contribution in [0.1, 0.15) is 26.3 Å². The van der Waals surface area contributed by atoms with E-state index in [1.54, 1.807) is 6.92 Å². The highest BCUT2D eigenvalue weighted by molar-refractivity contribution is 5.30. The summed E-state index contributed by atoms with van der Waals surface area (Å²) in [4.78, 5) is 0. The van der Waals surface area contributed by atoms with Crippen molar-refractivity contribution in [1.82, 2.24) is 0 Å². The van der Waals surface area contributed by atoms with E-state index in [4.69, 9.17) is 9.47 Å². The van der Waals surface area contributed by atoms with E-state index in [-0.39, 0.29) is 24.0 Å². The molecule has 0 saturated carbocycles. The lowest BCUT2D eigenvalue weighted by Gasteiger charge is -2.10. The SMILES string of the molecule is CCc1c(F)cc(OCCOC(C)C)cc1F. The van der Waals surface area contributed by atoms with E-state index in [1.807, 2.05) is 13.8 Å². The van der Waals surface area contributed by atoms with Gasteiger partial charge in [-0.05, 0) is 20.3 Å². The molecule has 0 fully saturated rings. The Balaban J connectivity index is 2.55. The van der Waals surface area contributed by atoms with Crippen molar-refractivity contribution in [3.05, 3.63) is 29.3 Å². The molecule has 1 aromatic rings. The summed E-state index contributed by atoms with van der Waals surface area (Å²) in [5, 5.41) is 0. The van der Waals surface area contributed by atoms with Gasteiger partial charge in [0, 0.05) is 17.7 Å². The van der Waals surface area contributed by atoms with E-state index >= 15 is 0 Å². The van der Waals surface area contributed by atoms with Crippen molar-refractivity contribution in [3.63, 3.8) is 0 Å². The lowest BCUT2D eigenvalue weighted by Crippen LogP contribution is -2.11. The van der Waals surface area contributed by atoms with Gasteiger partial charge in [0.25, 0.3) is 0 Å². The average molecular weight is 244 g/mol. The molecule has 96 valence electrons. The first-order valence-electron chi connectivity index (χ1n) is 5.77. The minimum Gasteiger partial charge on any atom is -0.491 e. The van der Waals surface area contributed by atoms with Crippen molar-refractivity contribution in [3.8, 4) is 5.75 Å². The van der Waals surface area contributed by atoms with Crippen LogP contribution in [0.2, 0.25) is 0 Å². The fourth-order valence-corrected chi connectivity index (χ4v) is 1.44. The summed E-state index contributed by atoms with van der Waals surface area (Å²) in [5.41, 5.74) is 0.0933. The standard InChI is InChI=1S/C13H18F2O2/c1-4-11-12(14)7-10(8-13(11)15)17-6-5-16-9(2)3/h7-9H,4-6H2,1-3H3. The number of hydrogen-bond acceptors (Lipinski definition) is 2. The third-order valence-electron chi connectivity index (χ3n) is 2.27. The first-order valence-corrected chi connectivity index (χ1v) is 5.77. The molecule has 0 aliphatic carbocycles. The number of halogens is 2. The Labute approximate surface area is 101 Å². The molecule has 0 aromatic heterocycles. The average Bonchev–Trinajstić information content (AvgIpc) is 2.24. The largest absolute Gasteiger partial charge is 0.491 e. The third-order valence-corrected chi connectivity index (χ3v) is 2.27. The number of benzene rings is 1. The van der Waals surface area contributed by atoms with Crippen molar-refractivity contribution in [1.29, 1.82) is 0 Å². The fourth-order valence-electron chi connectivity index (χ4n) is 1.44. The number of ether oxygens (including phenoxy) is 2. The maximum Gasteiger partial charge on any atom is 0.132 e. The van der Waals surface area contributed by atoms with Crippen LogP contribution in [-0.2, 0) is 11.2 Å². The summed E-state index contributed by atoms with van der Waals surface area (Å²) in [6.07, 6.45) is 0.448. The van der Waals surface area contributed by atoms with E-state index in [9.17, 15) is 8.78 Å². The van der Waals surface area contributed by atoms with Crippen LogP contribution in [0.25, 0.3) is 0 Å². The summed E-state index contributed by atoms with van der Waals surface area (Å²) in [5.74, 6) is -0.927. The molecule has 0 aliphatic heterocycles. The normalized spacial score (nSPS) is 10.9. The van der Waals surface area contributed by atoms with Gasteiger partial charge in [-0.3, -0.25) is 0 Å². The van der Waals surface area contributed by atoms with E-state index in [2.05, 4.69) is 0 Å². The van der Waals surface area contributed by atoms with Crippen LogP contribution in [0.15, 0.2) is 12.1 Å². The Hall–Kier alpha value is -1.16. The molecular formula is C13H18F2O2. The van der Waals surface area contributed by atoms with Crippen LogP contribution < -0.4 is 4.74 Å². The highest BCUT2D eigenvalue weighted by Gasteiger charge is 2.09. The first-order chi connectivity index (χ1) is 8.04. The van der Waals surface area contributed by atoms with Crippen LogP contribution in [0.3, 0.4) is 0 Å². The van der Waals surface area contributed by atoms with Crippen LogP contribution in [0.5, 0.6) is 5.75 Å². The van der Waals surface area contributed by atoms with Gasteiger partial charge in [-0.2, -0.15) is 0 Å². The van der Waals surface area contributed by atoms with Crippen molar-refractivity contribution in [2.45, 2.75) is 33.3 Å². The highest BCUT2D eigenvalue weighted by Crippen LogP contribution is 2.21. The van der Waals surface area contributed by atoms with Gasteiger partial charge in [0.2, 0.25) is 0 Å². The van der Waals surface area contributed by atoms with Crippen LogP contribution >= 0.6 is 0 Å². The predicted octanol–water partition coefficient (Wildman–Crippen LogP) is 3.33. The molecule has 4 heteroatoms. The minimum atomic E-state index is -0.563. The van der Waals surface area contributed by atoms with Gasteiger partial charge in [0.1, 0.15) is 24.0 Å². The molecule has 0 unspecified atom stereocenters. The Morgan fingerprint density at radius 3 is 2.18 bits per heavy atom. The molecule has 1 rings (SSSR count). The van der Waals surface area contributed by atoms with Gasteiger partial charge >= 0.3 is 0 Å². The summed E-state index contributed by atoms with van der Waals surface area (Å²) < 4.78 is 37.3. The summed E-state index contributed by atoms with van der Waals surface area (Å²) in [7, 11) is 0. The van der Waals surface area contributed by atoms with Crippen molar-refractivity contribution < 1.29 is 18.3 Å². The Morgan fingerprint density at radius 1 is 1.12 bits per heavy atom. The van der Waals surface area contributed by atoms with Gasteiger partial charge in [-0.15, -0.1) is 0 Å². The van der Waals surface area contributed by atoms with Crippen LogP contribution in [-0.4, -0.2) is 19.3 Å². The smallest absolute Gasteiger partial charge is 0.132 e. The topological polar surface area (TPSA) is 18.5 Å². The summed E-state index contributed by atoms with van der Waals surface area (Å²) in [6, 6.07) is 2.41. The van der Waals surface area contributed by atoms with Gasteiger partial charge in [0.15, 0.2) is 0 Å². The molecule has 0 amide bonds. The van der Waals surface area contributed by atoms with Crippen LogP contribution in [0.4, 0.5) is 8.78 Å². The number of rotatable bonds is 6. The van der Waals surface area contributed by atoms with Crippen molar-refractivity contribution in [2.75, 3.05) is 13.2 Å². The van der Waals surface area contributed by atoms with Gasteiger partial charge in [-0.25, -0.2) is 8.78 Å². The van der Waals surface area contributed by atoms with E-state index in [0.29, 0.717) is 13.0 Å². The molecular weight excluding hydrogens is 226 g/mol. The molecule has 0 spiro atoms. The summed E-state index contributed by atoms with van der Waals surface area (Å²) in [6.45, 7) is 6.21. The molecule has 0 atom stereocenters. The van der Waals surface area contributed by atoms with Gasteiger partial charge in [0.05, 0.1) is 12.7 Å². The van der Waals surface area contributed by atoms with Gasteiger partial charge in [-0.1, -0.05) is 6.92 Å². The van der Waals surface area contributed by atoms with Gasteiger partial charge < -0.3 is 9.47 Å². The second kappa shape index (κ2) is 6.55.